The summed E-state index contributed by atoms with van der Waals surface area (Å²) >= 11 is 0. The van der Waals surface area contributed by atoms with Crippen molar-refractivity contribution in [2.45, 2.75) is 99.0 Å². The molecule has 3 aliphatic heterocycles. The van der Waals surface area contributed by atoms with Gasteiger partial charge in [-0.15, -0.1) is 0 Å². The van der Waals surface area contributed by atoms with E-state index >= 15 is 0 Å². The van der Waals surface area contributed by atoms with Gasteiger partial charge in [0, 0.05) is 0 Å². The Balaban J connectivity index is 1.82. The molecular formula is C18H32O15. The van der Waals surface area contributed by atoms with Crippen molar-refractivity contribution in [3.05, 3.63) is 0 Å². The Hall–Kier alpha value is -0.600. The fourth-order valence-electron chi connectivity index (χ4n) is 4.01. The summed E-state index contributed by atoms with van der Waals surface area (Å²) in [6, 6.07) is 0. The quantitative estimate of drug-likeness (QED) is 0.167. The van der Waals surface area contributed by atoms with Gasteiger partial charge in [-0.1, -0.05) is 0 Å². The Labute approximate surface area is 187 Å². The van der Waals surface area contributed by atoms with Crippen LogP contribution in [0.25, 0.3) is 0 Å². The number of rotatable bonds is 6. The first-order valence-electron chi connectivity index (χ1n) is 10.4. The third kappa shape index (κ3) is 5.32. The van der Waals surface area contributed by atoms with Crippen LogP contribution in [0.2, 0.25) is 0 Å². The summed E-state index contributed by atoms with van der Waals surface area (Å²) in [5, 5.41) is 99.6. The zero-order valence-corrected chi connectivity index (χ0v) is 17.6. The van der Waals surface area contributed by atoms with Crippen LogP contribution in [0.3, 0.4) is 0 Å². The fraction of sp³-hybridized carbons (Fsp3) is 1.00. The highest BCUT2D eigenvalue weighted by molar-refractivity contribution is 4.95. The first kappa shape index (κ1) is 27.0. The molecule has 15 nitrogen and oxygen atoms in total. The van der Waals surface area contributed by atoms with Gasteiger partial charge in [0.1, 0.15) is 67.1 Å². The highest BCUT2D eigenvalue weighted by Crippen LogP contribution is 2.32. The molecule has 0 aromatic heterocycles. The van der Waals surface area contributed by atoms with Crippen molar-refractivity contribution in [3.63, 3.8) is 0 Å². The summed E-state index contributed by atoms with van der Waals surface area (Å²) in [6.07, 6.45) is -24.0. The van der Waals surface area contributed by atoms with E-state index in [4.69, 9.17) is 23.7 Å². The van der Waals surface area contributed by atoms with Gasteiger partial charge in [-0.25, -0.2) is 0 Å². The Kier molecular flexibility index (Phi) is 8.99. The highest BCUT2D eigenvalue weighted by Gasteiger charge is 2.53. The second-order valence-corrected chi connectivity index (χ2v) is 8.32. The molecule has 0 amide bonds. The molecule has 0 aromatic rings. The van der Waals surface area contributed by atoms with Gasteiger partial charge in [0.25, 0.3) is 0 Å². The molecule has 3 rings (SSSR count). The van der Waals surface area contributed by atoms with E-state index < -0.39 is 105 Å². The van der Waals surface area contributed by atoms with E-state index in [1.807, 2.05) is 0 Å². The molecule has 0 saturated carbocycles. The van der Waals surface area contributed by atoms with Crippen LogP contribution in [0, 0.1) is 0 Å². The van der Waals surface area contributed by atoms with E-state index in [2.05, 4.69) is 0 Å². The van der Waals surface area contributed by atoms with Crippen molar-refractivity contribution >= 4 is 0 Å². The first-order chi connectivity index (χ1) is 15.5. The molecule has 0 spiro atoms. The third-order valence-corrected chi connectivity index (χ3v) is 6.05. The molecule has 15 heteroatoms. The van der Waals surface area contributed by atoms with E-state index in [0.29, 0.717) is 0 Å². The molecule has 3 heterocycles. The second-order valence-electron chi connectivity index (χ2n) is 8.32. The minimum Gasteiger partial charge on any atom is -0.394 e. The van der Waals surface area contributed by atoms with Gasteiger partial charge in [0.15, 0.2) is 18.9 Å². The molecule has 3 aliphatic rings. The Morgan fingerprint density at radius 3 is 1.61 bits per heavy atom. The summed E-state index contributed by atoms with van der Waals surface area (Å²) in [6.45, 7) is -0.0768. The van der Waals surface area contributed by atoms with Crippen LogP contribution in [-0.2, 0) is 23.7 Å². The number of aliphatic hydroxyl groups is 10. The van der Waals surface area contributed by atoms with Crippen molar-refractivity contribution in [2.24, 2.45) is 0 Å². The minimum absolute atomic E-state index is 0.743. The molecule has 0 bridgehead atoms. The molecule has 0 aliphatic carbocycles. The topological polar surface area (TPSA) is 248 Å². The normalized spacial score (nSPS) is 53.7. The average molecular weight is 488 g/mol. The molecule has 15 atom stereocenters. The molecule has 0 radical (unpaired) electrons. The van der Waals surface area contributed by atoms with E-state index in [9.17, 15) is 51.1 Å². The van der Waals surface area contributed by atoms with Gasteiger partial charge in [-0.2, -0.15) is 0 Å². The van der Waals surface area contributed by atoms with Crippen LogP contribution in [0.1, 0.15) is 6.92 Å². The molecule has 3 fully saturated rings. The summed E-state index contributed by atoms with van der Waals surface area (Å²) in [5.41, 5.74) is 0. The smallest absolute Gasteiger partial charge is 0.187 e. The van der Waals surface area contributed by atoms with Crippen molar-refractivity contribution < 1.29 is 74.7 Å². The zero-order valence-electron chi connectivity index (χ0n) is 17.6. The first-order valence-corrected chi connectivity index (χ1v) is 10.4. The molecular weight excluding hydrogens is 456 g/mol. The van der Waals surface area contributed by atoms with Crippen LogP contribution in [-0.4, -0.2) is 156 Å². The lowest BCUT2D eigenvalue weighted by Gasteiger charge is -2.48. The van der Waals surface area contributed by atoms with E-state index in [1.165, 1.54) is 6.92 Å². The Morgan fingerprint density at radius 1 is 0.545 bits per heavy atom. The Bertz CT molecular complexity index is 624. The summed E-state index contributed by atoms with van der Waals surface area (Å²) in [5.74, 6) is 0. The lowest BCUT2D eigenvalue weighted by atomic mass is 9.96. The molecule has 194 valence electrons. The van der Waals surface area contributed by atoms with Gasteiger partial charge >= 0.3 is 0 Å². The van der Waals surface area contributed by atoms with Crippen LogP contribution >= 0.6 is 0 Å². The van der Waals surface area contributed by atoms with Gasteiger partial charge in [-0.05, 0) is 6.92 Å². The predicted octanol–water partition coefficient (Wildman–Crippen LogP) is -6.55. The monoisotopic (exact) mass is 488 g/mol. The maximum atomic E-state index is 10.6. The Morgan fingerprint density at radius 2 is 1.03 bits per heavy atom. The molecule has 0 unspecified atom stereocenters. The maximum Gasteiger partial charge on any atom is 0.187 e. The van der Waals surface area contributed by atoms with E-state index in [-0.39, 0.29) is 0 Å². The molecule has 3 saturated heterocycles. The summed E-state index contributed by atoms with van der Waals surface area (Å²) < 4.78 is 26.9. The van der Waals surface area contributed by atoms with Crippen molar-refractivity contribution in [3.8, 4) is 0 Å². The van der Waals surface area contributed by atoms with Gasteiger partial charge in [0.2, 0.25) is 0 Å². The van der Waals surface area contributed by atoms with Crippen molar-refractivity contribution in [1.29, 1.82) is 0 Å². The largest absolute Gasteiger partial charge is 0.394 e. The number of hydrogen-bond donors (Lipinski definition) is 10. The lowest BCUT2D eigenvalue weighted by Crippen LogP contribution is -2.66. The third-order valence-electron chi connectivity index (χ3n) is 6.05. The maximum absolute atomic E-state index is 10.6. The number of aliphatic hydroxyl groups excluding tert-OH is 10. The van der Waals surface area contributed by atoms with Gasteiger partial charge < -0.3 is 74.7 Å². The molecule has 0 aromatic carbocycles. The van der Waals surface area contributed by atoms with Crippen LogP contribution in [0.5, 0.6) is 0 Å². The number of hydrogen-bond acceptors (Lipinski definition) is 15. The minimum atomic E-state index is -1.84. The molecule has 33 heavy (non-hydrogen) atoms. The van der Waals surface area contributed by atoms with Crippen molar-refractivity contribution in [2.75, 3.05) is 13.2 Å². The fourth-order valence-corrected chi connectivity index (χ4v) is 4.01. The van der Waals surface area contributed by atoms with Crippen LogP contribution < -0.4 is 0 Å². The summed E-state index contributed by atoms with van der Waals surface area (Å²) in [4.78, 5) is 0. The lowest BCUT2D eigenvalue weighted by molar-refractivity contribution is -0.385. The number of ether oxygens (including phenoxy) is 5. The summed E-state index contributed by atoms with van der Waals surface area (Å²) in [7, 11) is 0. The van der Waals surface area contributed by atoms with Crippen molar-refractivity contribution in [1.82, 2.24) is 0 Å². The van der Waals surface area contributed by atoms with E-state index in [1.54, 1.807) is 0 Å². The van der Waals surface area contributed by atoms with E-state index in [0.717, 1.165) is 0 Å². The molecule has 10 N–H and O–H groups in total. The standard InChI is InChI=1S/C18H32O15/c1-4-14(11(25)12(26)16(28)29-4)32-18-15(10(24)8(22)6(3-20)31-18)33-17-13(27)9(23)7(21)5(2-19)30-17/h4-28H,2-3H2,1H3/t4-,5+,6+,7-,8+,9-,10-,11-,12+,13+,14-,15-,16+,17+,18-/m0/s1. The van der Waals surface area contributed by atoms with Gasteiger partial charge in [0.05, 0.1) is 19.3 Å². The van der Waals surface area contributed by atoms with Crippen LogP contribution in [0.4, 0.5) is 0 Å². The highest BCUT2D eigenvalue weighted by atomic mass is 16.8. The predicted molar refractivity (Wildman–Crippen MR) is 99.8 cm³/mol. The SMILES string of the molecule is C[C@@H]1O[C@@H](O)[C@H](O)[C@H](O)[C@H]1O[C@@H]1O[C@H](CO)[C@@H](O)[C@H](O)[C@@H]1O[C@H]1O[C@H](CO)[C@H](O)[C@H](O)[C@H]1O. The van der Waals surface area contributed by atoms with Gasteiger partial charge in [-0.3, -0.25) is 0 Å². The average Bonchev–Trinajstić information content (AvgIpc) is 2.79. The van der Waals surface area contributed by atoms with Crippen LogP contribution in [0.15, 0.2) is 0 Å². The second kappa shape index (κ2) is 11.0. The zero-order chi connectivity index (χ0) is 24.6.